The molecule has 0 bridgehead atoms. The molecule has 2 aromatic heterocycles. The molecule has 0 radical (unpaired) electrons. The van der Waals surface area contributed by atoms with E-state index in [0.717, 1.165) is 16.6 Å². The van der Waals surface area contributed by atoms with Gasteiger partial charge in [-0.2, -0.15) is 0 Å². The highest BCUT2D eigenvalue weighted by Gasteiger charge is 2.16. The number of aromatic nitrogens is 3. The minimum atomic E-state index is -0.264. The fourth-order valence-corrected chi connectivity index (χ4v) is 2.58. The third-order valence-corrected chi connectivity index (χ3v) is 3.69. The molecule has 0 atom stereocenters. The third-order valence-electron chi connectivity index (χ3n) is 3.69. The first-order valence-corrected chi connectivity index (χ1v) is 7.49. The van der Waals surface area contributed by atoms with Crippen LogP contribution in [0.2, 0.25) is 0 Å². The van der Waals surface area contributed by atoms with Crippen molar-refractivity contribution in [3.8, 4) is 11.4 Å². The number of carbonyl (C=O) groups excluding carboxylic acids is 1. The highest BCUT2D eigenvalue weighted by Crippen LogP contribution is 2.24. The zero-order valence-electron chi connectivity index (χ0n) is 12.9. The molecule has 0 spiro atoms. The van der Waals surface area contributed by atoms with Gasteiger partial charge in [-0.1, -0.05) is 35.5 Å². The lowest BCUT2D eigenvalue weighted by molar-refractivity contribution is 0.102. The van der Waals surface area contributed by atoms with Gasteiger partial charge in [-0.3, -0.25) is 4.79 Å². The van der Waals surface area contributed by atoms with Gasteiger partial charge in [-0.15, -0.1) is 0 Å². The van der Waals surface area contributed by atoms with Gasteiger partial charge in [0.15, 0.2) is 5.82 Å². The van der Waals surface area contributed by atoms with E-state index >= 15 is 0 Å². The van der Waals surface area contributed by atoms with Gasteiger partial charge < -0.3 is 14.8 Å². The van der Waals surface area contributed by atoms with E-state index in [1.165, 1.54) is 0 Å². The van der Waals surface area contributed by atoms with Crippen LogP contribution in [0, 0.1) is 6.92 Å². The van der Waals surface area contributed by atoms with Crippen molar-refractivity contribution in [2.75, 3.05) is 5.32 Å². The molecule has 4 aromatic rings. The summed E-state index contributed by atoms with van der Waals surface area (Å²) in [7, 11) is 0. The number of carbonyl (C=O) groups is 1. The van der Waals surface area contributed by atoms with Gasteiger partial charge in [0.2, 0.25) is 0 Å². The topological polar surface area (TPSA) is 83.8 Å². The molecule has 1 amide bonds. The van der Waals surface area contributed by atoms with Crippen LogP contribution in [0.4, 0.5) is 5.82 Å². The van der Waals surface area contributed by atoms with Crippen LogP contribution in [-0.4, -0.2) is 21.0 Å². The second-order valence-corrected chi connectivity index (χ2v) is 5.43. The molecular weight excluding hydrogens is 304 g/mol. The van der Waals surface area contributed by atoms with Gasteiger partial charge in [0.05, 0.1) is 16.6 Å². The van der Waals surface area contributed by atoms with E-state index in [9.17, 15) is 4.79 Å². The van der Waals surface area contributed by atoms with E-state index in [0.29, 0.717) is 23.0 Å². The second-order valence-electron chi connectivity index (χ2n) is 5.43. The van der Waals surface area contributed by atoms with Crippen molar-refractivity contribution in [1.29, 1.82) is 0 Å². The Hall–Kier alpha value is -3.41. The number of nitrogens with one attached hydrogen (secondary N) is 2. The first kappa shape index (κ1) is 14.2. The van der Waals surface area contributed by atoms with E-state index < -0.39 is 0 Å². The SMILES string of the molecule is Cc1cc(NC(=O)c2ccccc2-c2nc3ccccc3[nH]2)no1. The number of H-pyrrole nitrogens is 1. The lowest BCUT2D eigenvalue weighted by atomic mass is 10.1. The Morgan fingerprint density at radius 1 is 1.12 bits per heavy atom. The van der Waals surface area contributed by atoms with Crippen LogP contribution in [0.5, 0.6) is 0 Å². The summed E-state index contributed by atoms with van der Waals surface area (Å²) in [6.45, 7) is 1.77. The van der Waals surface area contributed by atoms with Crippen molar-refractivity contribution >= 4 is 22.8 Å². The molecule has 2 aromatic carbocycles. The van der Waals surface area contributed by atoms with E-state index in [-0.39, 0.29) is 5.91 Å². The Morgan fingerprint density at radius 2 is 1.92 bits per heavy atom. The zero-order valence-corrected chi connectivity index (χ0v) is 12.9. The molecule has 0 aliphatic carbocycles. The van der Waals surface area contributed by atoms with E-state index in [4.69, 9.17) is 4.52 Å². The molecule has 6 heteroatoms. The van der Waals surface area contributed by atoms with Crippen LogP contribution in [-0.2, 0) is 0 Å². The number of fused-ring (bicyclic) bond motifs is 1. The summed E-state index contributed by atoms with van der Waals surface area (Å²) < 4.78 is 4.97. The number of rotatable bonds is 3. The van der Waals surface area contributed by atoms with Gasteiger partial charge in [-0.05, 0) is 25.1 Å². The maximum atomic E-state index is 12.6. The molecule has 0 unspecified atom stereocenters. The first-order valence-electron chi connectivity index (χ1n) is 7.49. The predicted molar refractivity (Wildman–Crippen MR) is 90.7 cm³/mol. The molecule has 0 saturated heterocycles. The molecule has 0 saturated carbocycles. The number of aromatic amines is 1. The van der Waals surface area contributed by atoms with Crippen LogP contribution in [0.1, 0.15) is 16.1 Å². The maximum Gasteiger partial charge on any atom is 0.257 e. The van der Waals surface area contributed by atoms with Crippen LogP contribution in [0.25, 0.3) is 22.4 Å². The molecule has 2 heterocycles. The number of imidazole rings is 1. The smallest absolute Gasteiger partial charge is 0.257 e. The molecule has 118 valence electrons. The Kier molecular flexibility index (Phi) is 3.35. The van der Waals surface area contributed by atoms with Crippen LogP contribution >= 0.6 is 0 Å². The Bertz CT molecular complexity index is 999. The Balaban J connectivity index is 1.73. The normalized spacial score (nSPS) is 10.9. The Labute approximate surface area is 137 Å². The summed E-state index contributed by atoms with van der Waals surface area (Å²) in [5, 5.41) is 6.53. The minimum absolute atomic E-state index is 0.264. The fourth-order valence-electron chi connectivity index (χ4n) is 2.58. The van der Waals surface area contributed by atoms with Gasteiger partial charge >= 0.3 is 0 Å². The summed E-state index contributed by atoms with van der Waals surface area (Å²) in [5.41, 5.74) is 3.02. The van der Waals surface area contributed by atoms with E-state index in [2.05, 4.69) is 20.4 Å². The van der Waals surface area contributed by atoms with Gasteiger partial charge in [-0.25, -0.2) is 4.98 Å². The Morgan fingerprint density at radius 3 is 2.71 bits per heavy atom. The third kappa shape index (κ3) is 2.54. The van der Waals surface area contributed by atoms with Crippen molar-refractivity contribution in [3.05, 3.63) is 65.9 Å². The molecule has 0 aliphatic rings. The number of hydrogen-bond donors (Lipinski definition) is 2. The highest BCUT2D eigenvalue weighted by molar-refractivity contribution is 6.08. The minimum Gasteiger partial charge on any atom is -0.360 e. The summed E-state index contributed by atoms with van der Waals surface area (Å²) in [4.78, 5) is 20.4. The highest BCUT2D eigenvalue weighted by atomic mass is 16.5. The van der Waals surface area contributed by atoms with Crippen LogP contribution in [0.3, 0.4) is 0 Å². The number of amides is 1. The summed E-state index contributed by atoms with van der Waals surface area (Å²) in [6.07, 6.45) is 0. The number of hydrogen-bond acceptors (Lipinski definition) is 4. The number of anilines is 1. The zero-order chi connectivity index (χ0) is 16.5. The number of nitrogens with zero attached hydrogens (tertiary/aromatic N) is 2. The lowest BCUT2D eigenvalue weighted by Crippen LogP contribution is -2.13. The van der Waals surface area contributed by atoms with Crippen LogP contribution in [0.15, 0.2) is 59.1 Å². The molecule has 0 aliphatic heterocycles. The van der Waals surface area contributed by atoms with E-state index in [1.54, 1.807) is 19.1 Å². The standard InChI is InChI=1S/C18H14N4O2/c1-11-10-16(22-24-11)21-18(23)13-7-3-2-6-12(13)17-19-14-8-4-5-9-15(14)20-17/h2-10H,1H3,(H,19,20)(H,21,22,23). The first-order chi connectivity index (χ1) is 11.7. The van der Waals surface area contributed by atoms with Gasteiger partial charge in [0, 0.05) is 11.6 Å². The fraction of sp³-hybridized carbons (Fsp3) is 0.0556. The maximum absolute atomic E-state index is 12.6. The molecule has 2 N–H and O–H groups in total. The average Bonchev–Trinajstić information content (AvgIpc) is 3.20. The molecular formula is C18H14N4O2. The predicted octanol–water partition coefficient (Wildman–Crippen LogP) is 3.78. The van der Waals surface area contributed by atoms with Gasteiger partial charge in [0.1, 0.15) is 11.6 Å². The van der Waals surface area contributed by atoms with E-state index in [1.807, 2.05) is 42.5 Å². The van der Waals surface area contributed by atoms with Crippen molar-refractivity contribution in [3.63, 3.8) is 0 Å². The van der Waals surface area contributed by atoms with Crippen LogP contribution < -0.4 is 5.32 Å². The largest absolute Gasteiger partial charge is 0.360 e. The quantitative estimate of drug-likeness (QED) is 0.602. The van der Waals surface area contributed by atoms with Crippen molar-refractivity contribution in [2.24, 2.45) is 0 Å². The van der Waals surface area contributed by atoms with Gasteiger partial charge in [0.25, 0.3) is 5.91 Å². The summed E-state index contributed by atoms with van der Waals surface area (Å²) in [5.74, 6) is 1.41. The molecule has 24 heavy (non-hydrogen) atoms. The number of benzene rings is 2. The number of para-hydroxylation sites is 2. The van der Waals surface area contributed by atoms with Crippen molar-refractivity contribution in [1.82, 2.24) is 15.1 Å². The molecule has 6 nitrogen and oxygen atoms in total. The average molecular weight is 318 g/mol. The summed E-state index contributed by atoms with van der Waals surface area (Å²) >= 11 is 0. The lowest BCUT2D eigenvalue weighted by Gasteiger charge is -2.06. The second kappa shape index (κ2) is 5.66. The monoisotopic (exact) mass is 318 g/mol. The van der Waals surface area contributed by atoms with Crippen molar-refractivity contribution in [2.45, 2.75) is 6.92 Å². The molecule has 0 fully saturated rings. The molecule has 4 rings (SSSR count). The number of aryl methyl sites for hydroxylation is 1. The van der Waals surface area contributed by atoms with Crippen molar-refractivity contribution < 1.29 is 9.32 Å². The summed E-state index contributed by atoms with van der Waals surface area (Å²) in [6, 6.07) is 16.7.